The Morgan fingerprint density at radius 1 is 1.25 bits per heavy atom. The molecule has 1 fully saturated rings. The molecule has 1 aliphatic carbocycles. The van der Waals surface area contributed by atoms with Crippen LogP contribution in [0.1, 0.15) is 25.7 Å². The van der Waals surface area contributed by atoms with Gasteiger partial charge in [0, 0.05) is 25.2 Å². The van der Waals surface area contributed by atoms with E-state index in [1.165, 1.54) is 12.8 Å². The number of carboxylic acids is 1. The average Bonchev–Trinajstić information content (AvgIpc) is 3.26. The first-order valence-electron chi connectivity index (χ1n) is 6.99. The van der Waals surface area contributed by atoms with Gasteiger partial charge in [-0.2, -0.15) is 0 Å². The van der Waals surface area contributed by atoms with E-state index in [-0.39, 0.29) is 12.5 Å². The topological polar surface area (TPSA) is 69.6 Å². The number of carbonyl (C=O) groups excluding carboxylic acids is 1. The van der Waals surface area contributed by atoms with Crippen LogP contribution in [0.25, 0.3) is 0 Å². The van der Waals surface area contributed by atoms with Crippen molar-refractivity contribution in [3.05, 3.63) is 30.3 Å². The van der Waals surface area contributed by atoms with Gasteiger partial charge in [-0.1, -0.05) is 18.2 Å². The molecular weight excluding hydrogens is 256 g/mol. The first kappa shape index (κ1) is 14.4. The fourth-order valence-electron chi connectivity index (χ4n) is 1.99. The first-order chi connectivity index (χ1) is 9.66. The van der Waals surface area contributed by atoms with E-state index in [2.05, 4.69) is 5.32 Å². The summed E-state index contributed by atoms with van der Waals surface area (Å²) in [6.07, 6.45) is 2.88. The first-order valence-corrected chi connectivity index (χ1v) is 6.99. The predicted octanol–water partition coefficient (Wildman–Crippen LogP) is 2.48. The Labute approximate surface area is 118 Å². The Hall–Kier alpha value is -2.04. The second kappa shape index (κ2) is 6.93. The zero-order valence-electron chi connectivity index (χ0n) is 11.4. The van der Waals surface area contributed by atoms with Gasteiger partial charge in [0.2, 0.25) is 0 Å². The Morgan fingerprint density at radius 3 is 2.55 bits per heavy atom. The van der Waals surface area contributed by atoms with Gasteiger partial charge in [0.1, 0.15) is 0 Å². The van der Waals surface area contributed by atoms with Crippen molar-refractivity contribution >= 4 is 17.7 Å². The fraction of sp³-hybridized carbons (Fsp3) is 0.467. The van der Waals surface area contributed by atoms with Crippen molar-refractivity contribution in [3.63, 3.8) is 0 Å². The minimum atomic E-state index is -0.837. The van der Waals surface area contributed by atoms with Gasteiger partial charge < -0.3 is 10.4 Å². The highest BCUT2D eigenvalue weighted by atomic mass is 16.4. The quantitative estimate of drug-likeness (QED) is 0.803. The van der Waals surface area contributed by atoms with Gasteiger partial charge >= 0.3 is 12.0 Å². The third-order valence-corrected chi connectivity index (χ3v) is 3.32. The van der Waals surface area contributed by atoms with Crippen LogP contribution in [0.3, 0.4) is 0 Å². The van der Waals surface area contributed by atoms with Crippen LogP contribution in [-0.2, 0) is 4.79 Å². The van der Waals surface area contributed by atoms with Crippen LogP contribution in [0.15, 0.2) is 30.3 Å². The molecule has 1 aromatic carbocycles. The van der Waals surface area contributed by atoms with E-state index in [9.17, 15) is 9.59 Å². The monoisotopic (exact) mass is 276 g/mol. The molecule has 5 heteroatoms. The number of amides is 2. The van der Waals surface area contributed by atoms with E-state index < -0.39 is 5.97 Å². The molecule has 2 amide bonds. The molecule has 2 N–H and O–H groups in total. The van der Waals surface area contributed by atoms with Crippen LogP contribution < -0.4 is 10.2 Å². The lowest BCUT2D eigenvalue weighted by atomic mass is 10.2. The molecule has 20 heavy (non-hydrogen) atoms. The summed E-state index contributed by atoms with van der Waals surface area (Å²) in [6.45, 7) is 1.12. The summed E-state index contributed by atoms with van der Waals surface area (Å²) in [6, 6.07) is 9.20. The summed E-state index contributed by atoms with van der Waals surface area (Å²) in [5.41, 5.74) is 0.797. The number of rotatable bonds is 7. The molecule has 0 aromatic heterocycles. The highest BCUT2D eigenvalue weighted by Gasteiger charge is 2.23. The number of hydrogen-bond acceptors (Lipinski definition) is 2. The van der Waals surface area contributed by atoms with Crippen molar-refractivity contribution in [2.45, 2.75) is 25.7 Å². The van der Waals surface area contributed by atoms with Crippen LogP contribution in [0.2, 0.25) is 0 Å². The Morgan fingerprint density at radius 2 is 1.95 bits per heavy atom. The number of nitrogens with one attached hydrogen (secondary N) is 1. The van der Waals surface area contributed by atoms with Crippen LogP contribution in [-0.4, -0.2) is 30.2 Å². The van der Waals surface area contributed by atoms with Gasteiger partial charge in [-0.15, -0.1) is 0 Å². The zero-order valence-corrected chi connectivity index (χ0v) is 11.4. The SMILES string of the molecule is O=C(O)CCCN(C(=O)NCC1CC1)c1ccccc1. The number of carbonyl (C=O) groups is 2. The fourth-order valence-corrected chi connectivity index (χ4v) is 1.99. The molecule has 0 bridgehead atoms. The van der Waals surface area contributed by atoms with E-state index in [1.54, 1.807) is 4.90 Å². The van der Waals surface area contributed by atoms with Gasteiger partial charge in [0.05, 0.1) is 0 Å². The maximum atomic E-state index is 12.2. The number of benzene rings is 1. The largest absolute Gasteiger partial charge is 0.481 e. The van der Waals surface area contributed by atoms with Gasteiger partial charge in [-0.25, -0.2) is 4.79 Å². The number of anilines is 1. The summed E-state index contributed by atoms with van der Waals surface area (Å²) in [4.78, 5) is 24.4. The van der Waals surface area contributed by atoms with Gasteiger partial charge in [0.25, 0.3) is 0 Å². The molecule has 0 unspecified atom stereocenters. The van der Waals surface area contributed by atoms with E-state index >= 15 is 0 Å². The van der Waals surface area contributed by atoms with Crippen LogP contribution >= 0.6 is 0 Å². The van der Waals surface area contributed by atoms with Crippen molar-refractivity contribution < 1.29 is 14.7 Å². The summed E-state index contributed by atoms with van der Waals surface area (Å²) < 4.78 is 0. The number of urea groups is 1. The lowest BCUT2D eigenvalue weighted by Crippen LogP contribution is -2.41. The summed E-state index contributed by atoms with van der Waals surface area (Å²) in [5, 5.41) is 11.6. The smallest absolute Gasteiger partial charge is 0.321 e. The molecule has 5 nitrogen and oxygen atoms in total. The van der Waals surface area contributed by atoms with Crippen molar-refractivity contribution in [2.24, 2.45) is 5.92 Å². The van der Waals surface area contributed by atoms with Gasteiger partial charge in [0.15, 0.2) is 0 Å². The second-order valence-electron chi connectivity index (χ2n) is 5.11. The minimum Gasteiger partial charge on any atom is -0.481 e. The normalized spacial score (nSPS) is 13.8. The van der Waals surface area contributed by atoms with Crippen molar-refractivity contribution in [1.29, 1.82) is 0 Å². The summed E-state index contributed by atoms with van der Waals surface area (Å²) in [5.74, 6) is -0.216. The molecule has 0 atom stereocenters. The van der Waals surface area contributed by atoms with E-state index in [0.29, 0.717) is 25.4 Å². The van der Waals surface area contributed by atoms with Crippen molar-refractivity contribution in [3.8, 4) is 0 Å². The predicted molar refractivity (Wildman–Crippen MR) is 76.8 cm³/mol. The molecular formula is C15H20N2O3. The molecule has 1 aromatic rings. The standard InChI is InChI=1S/C15H20N2O3/c18-14(19)7-4-10-17(13-5-2-1-3-6-13)15(20)16-11-12-8-9-12/h1-3,5-6,12H,4,7-11H2,(H,16,20)(H,18,19). The summed E-state index contributed by atoms with van der Waals surface area (Å²) >= 11 is 0. The molecule has 0 spiro atoms. The van der Waals surface area contributed by atoms with E-state index in [4.69, 9.17) is 5.11 Å². The second-order valence-corrected chi connectivity index (χ2v) is 5.11. The maximum absolute atomic E-state index is 12.2. The van der Waals surface area contributed by atoms with Crippen molar-refractivity contribution in [2.75, 3.05) is 18.0 Å². The van der Waals surface area contributed by atoms with E-state index in [0.717, 1.165) is 5.69 Å². The van der Waals surface area contributed by atoms with Crippen LogP contribution in [0, 0.1) is 5.92 Å². The van der Waals surface area contributed by atoms with E-state index in [1.807, 2.05) is 30.3 Å². The maximum Gasteiger partial charge on any atom is 0.321 e. The highest BCUT2D eigenvalue weighted by molar-refractivity contribution is 5.91. The molecule has 1 aliphatic rings. The summed E-state index contributed by atoms with van der Waals surface area (Å²) in [7, 11) is 0. The minimum absolute atomic E-state index is 0.0687. The Balaban J connectivity index is 1.94. The van der Waals surface area contributed by atoms with Crippen molar-refractivity contribution in [1.82, 2.24) is 5.32 Å². The number of para-hydroxylation sites is 1. The molecule has 108 valence electrons. The Bertz CT molecular complexity index is 457. The number of carboxylic acid groups (broad SMARTS) is 1. The number of nitrogens with zero attached hydrogens (tertiary/aromatic N) is 1. The third-order valence-electron chi connectivity index (χ3n) is 3.32. The molecule has 0 saturated heterocycles. The lowest BCUT2D eigenvalue weighted by Gasteiger charge is -2.23. The Kier molecular flexibility index (Phi) is 4.98. The average molecular weight is 276 g/mol. The number of aliphatic carboxylic acids is 1. The lowest BCUT2D eigenvalue weighted by molar-refractivity contribution is -0.137. The molecule has 0 aliphatic heterocycles. The van der Waals surface area contributed by atoms with Crippen LogP contribution in [0.5, 0.6) is 0 Å². The van der Waals surface area contributed by atoms with Gasteiger partial charge in [-0.3, -0.25) is 9.69 Å². The molecule has 1 saturated carbocycles. The third kappa shape index (κ3) is 4.57. The molecule has 2 rings (SSSR count). The zero-order chi connectivity index (χ0) is 14.4. The highest BCUT2D eigenvalue weighted by Crippen LogP contribution is 2.27. The van der Waals surface area contributed by atoms with Gasteiger partial charge in [-0.05, 0) is 37.3 Å². The number of hydrogen-bond donors (Lipinski definition) is 2. The molecule has 0 radical (unpaired) electrons. The van der Waals surface area contributed by atoms with Crippen LogP contribution in [0.4, 0.5) is 10.5 Å². The molecule has 0 heterocycles.